The van der Waals surface area contributed by atoms with Gasteiger partial charge in [0.2, 0.25) is 0 Å². The van der Waals surface area contributed by atoms with Crippen LogP contribution in [0.25, 0.3) is 5.65 Å². The lowest BCUT2D eigenvalue weighted by molar-refractivity contribution is 0.0923. The molecule has 6 heteroatoms. The minimum Gasteiger partial charge on any atom is -0.491 e. The van der Waals surface area contributed by atoms with E-state index in [1.807, 2.05) is 56.5 Å². The lowest BCUT2D eigenvalue weighted by Crippen LogP contribution is -2.28. The Morgan fingerprint density at radius 2 is 1.92 bits per heavy atom. The summed E-state index contributed by atoms with van der Waals surface area (Å²) in [5.41, 5.74) is 4.26. The summed E-state index contributed by atoms with van der Waals surface area (Å²) in [5.74, 6) is 0.770. The van der Waals surface area contributed by atoms with E-state index in [1.165, 1.54) is 16.1 Å². The molecule has 2 aromatic heterocycles. The fourth-order valence-electron chi connectivity index (χ4n) is 2.99. The van der Waals surface area contributed by atoms with Crippen LogP contribution in [0.15, 0.2) is 35.1 Å². The molecule has 0 radical (unpaired) electrons. The van der Waals surface area contributed by atoms with E-state index >= 15 is 0 Å². The number of rotatable bonds is 5. The molecule has 0 saturated carbocycles. The minimum atomic E-state index is -0.707. The fourth-order valence-corrected chi connectivity index (χ4v) is 2.99. The van der Waals surface area contributed by atoms with Crippen molar-refractivity contribution in [1.82, 2.24) is 14.2 Å². The van der Waals surface area contributed by atoms with Crippen molar-refractivity contribution in [3.63, 3.8) is 0 Å². The van der Waals surface area contributed by atoms with E-state index in [2.05, 4.69) is 5.10 Å². The first-order valence-corrected chi connectivity index (χ1v) is 8.30. The zero-order chi connectivity index (χ0) is 18.1. The van der Waals surface area contributed by atoms with Crippen LogP contribution in [0.4, 0.5) is 0 Å². The van der Waals surface area contributed by atoms with Crippen LogP contribution in [-0.2, 0) is 6.54 Å². The summed E-state index contributed by atoms with van der Waals surface area (Å²) in [6.45, 7) is 8.20. The van der Waals surface area contributed by atoms with Crippen molar-refractivity contribution in [3.8, 4) is 5.75 Å². The molecule has 0 aliphatic heterocycles. The summed E-state index contributed by atoms with van der Waals surface area (Å²) in [6.07, 6.45) is -0.707. The van der Waals surface area contributed by atoms with E-state index in [0.717, 1.165) is 22.7 Å². The monoisotopic (exact) mass is 341 g/mol. The lowest BCUT2D eigenvalue weighted by atomic mass is 10.1. The molecule has 132 valence electrons. The van der Waals surface area contributed by atoms with Gasteiger partial charge in [-0.2, -0.15) is 9.61 Å². The Morgan fingerprint density at radius 1 is 1.16 bits per heavy atom. The molecule has 0 bridgehead atoms. The number of hydrogen-bond donors (Lipinski definition) is 1. The largest absolute Gasteiger partial charge is 0.491 e. The zero-order valence-electron chi connectivity index (χ0n) is 15.0. The average Bonchev–Trinajstić information content (AvgIpc) is 2.93. The third-order valence-corrected chi connectivity index (χ3v) is 4.21. The standard InChI is InChI=1S/C19H23N3O3/c1-12-5-6-17(13(2)7-12)25-11-16(23)10-21-15(4)9-19(24)22-18(21)8-14(3)20-22/h5-9,16,23H,10-11H2,1-4H3. The summed E-state index contributed by atoms with van der Waals surface area (Å²) in [5, 5.41) is 14.6. The topological polar surface area (TPSA) is 68.8 Å². The average molecular weight is 341 g/mol. The van der Waals surface area contributed by atoms with Crippen LogP contribution in [0.3, 0.4) is 0 Å². The first-order valence-electron chi connectivity index (χ1n) is 8.30. The molecule has 25 heavy (non-hydrogen) atoms. The molecular weight excluding hydrogens is 318 g/mol. The maximum Gasteiger partial charge on any atom is 0.274 e. The summed E-state index contributed by atoms with van der Waals surface area (Å²) in [6, 6.07) is 9.31. The number of aliphatic hydroxyl groups excluding tert-OH is 1. The molecule has 1 N–H and O–H groups in total. The van der Waals surface area contributed by atoms with Crippen LogP contribution in [0.1, 0.15) is 22.5 Å². The molecule has 0 spiro atoms. The highest BCUT2D eigenvalue weighted by Crippen LogP contribution is 2.19. The molecule has 3 rings (SSSR count). The van der Waals surface area contributed by atoms with Crippen molar-refractivity contribution in [3.05, 3.63) is 63.2 Å². The van der Waals surface area contributed by atoms with E-state index in [0.29, 0.717) is 12.2 Å². The van der Waals surface area contributed by atoms with E-state index in [9.17, 15) is 9.90 Å². The van der Waals surface area contributed by atoms with Gasteiger partial charge in [0.25, 0.3) is 5.56 Å². The van der Waals surface area contributed by atoms with Crippen LogP contribution in [0, 0.1) is 27.7 Å². The van der Waals surface area contributed by atoms with Gasteiger partial charge in [0.05, 0.1) is 12.2 Å². The van der Waals surface area contributed by atoms with Gasteiger partial charge in [-0.1, -0.05) is 17.7 Å². The highest BCUT2D eigenvalue weighted by Gasteiger charge is 2.13. The number of aliphatic hydroxyl groups is 1. The van der Waals surface area contributed by atoms with Crippen molar-refractivity contribution < 1.29 is 9.84 Å². The van der Waals surface area contributed by atoms with Crippen LogP contribution >= 0.6 is 0 Å². The fraction of sp³-hybridized carbons (Fsp3) is 0.368. The summed E-state index contributed by atoms with van der Waals surface area (Å²) >= 11 is 0. The Morgan fingerprint density at radius 3 is 2.64 bits per heavy atom. The van der Waals surface area contributed by atoms with Crippen molar-refractivity contribution in [2.45, 2.75) is 40.3 Å². The van der Waals surface area contributed by atoms with Gasteiger partial charge in [0.15, 0.2) is 0 Å². The maximum atomic E-state index is 12.0. The van der Waals surface area contributed by atoms with Crippen LogP contribution < -0.4 is 10.3 Å². The van der Waals surface area contributed by atoms with Gasteiger partial charge in [-0.25, -0.2) is 0 Å². The molecule has 3 aromatic rings. The minimum absolute atomic E-state index is 0.169. The summed E-state index contributed by atoms with van der Waals surface area (Å²) in [7, 11) is 0. The van der Waals surface area contributed by atoms with Crippen molar-refractivity contribution in [1.29, 1.82) is 0 Å². The van der Waals surface area contributed by atoms with Gasteiger partial charge < -0.3 is 14.4 Å². The summed E-state index contributed by atoms with van der Waals surface area (Å²) in [4.78, 5) is 12.0. The predicted octanol–water partition coefficient (Wildman–Crippen LogP) is 2.17. The van der Waals surface area contributed by atoms with Gasteiger partial charge in [-0.15, -0.1) is 0 Å². The number of fused-ring (bicyclic) bond motifs is 1. The van der Waals surface area contributed by atoms with Gasteiger partial charge in [0.1, 0.15) is 24.1 Å². The predicted molar refractivity (Wildman–Crippen MR) is 96.3 cm³/mol. The molecule has 0 aliphatic rings. The summed E-state index contributed by atoms with van der Waals surface area (Å²) < 4.78 is 9.01. The SMILES string of the molecule is Cc1ccc(OCC(O)Cn2c(C)cc(=O)n3nc(C)cc23)c(C)c1. The number of benzene rings is 1. The number of aryl methyl sites for hydroxylation is 4. The van der Waals surface area contributed by atoms with Crippen molar-refractivity contribution in [2.75, 3.05) is 6.61 Å². The van der Waals surface area contributed by atoms with Gasteiger partial charge in [-0.3, -0.25) is 4.79 Å². The van der Waals surface area contributed by atoms with E-state index in [1.54, 1.807) is 0 Å². The molecule has 1 atom stereocenters. The molecule has 1 unspecified atom stereocenters. The zero-order valence-corrected chi connectivity index (χ0v) is 15.0. The number of aromatic nitrogens is 3. The highest BCUT2D eigenvalue weighted by atomic mass is 16.5. The Hall–Kier alpha value is -2.60. The van der Waals surface area contributed by atoms with Gasteiger partial charge in [-0.05, 0) is 39.3 Å². The second-order valence-electron chi connectivity index (χ2n) is 6.52. The molecule has 0 saturated heterocycles. The number of nitrogens with zero attached hydrogens (tertiary/aromatic N) is 3. The van der Waals surface area contributed by atoms with Gasteiger partial charge in [0, 0.05) is 17.8 Å². The van der Waals surface area contributed by atoms with E-state index in [4.69, 9.17) is 4.74 Å². The third-order valence-electron chi connectivity index (χ3n) is 4.21. The quantitative estimate of drug-likeness (QED) is 0.772. The second kappa shape index (κ2) is 6.72. The Kier molecular flexibility index (Phi) is 4.63. The smallest absolute Gasteiger partial charge is 0.274 e. The maximum absolute atomic E-state index is 12.0. The molecule has 0 aliphatic carbocycles. The van der Waals surface area contributed by atoms with Crippen LogP contribution in [0.5, 0.6) is 5.75 Å². The Bertz CT molecular complexity index is 972. The van der Waals surface area contributed by atoms with Gasteiger partial charge >= 0.3 is 0 Å². The molecule has 1 aromatic carbocycles. The molecule has 0 amide bonds. The molecule has 0 fully saturated rings. The van der Waals surface area contributed by atoms with Crippen molar-refractivity contribution >= 4 is 5.65 Å². The van der Waals surface area contributed by atoms with Crippen LogP contribution in [0.2, 0.25) is 0 Å². The lowest BCUT2D eigenvalue weighted by Gasteiger charge is -2.18. The normalized spacial score (nSPS) is 12.5. The molecular formula is C19H23N3O3. The Labute approximate surface area is 146 Å². The second-order valence-corrected chi connectivity index (χ2v) is 6.52. The first-order chi connectivity index (χ1) is 11.8. The molecule has 2 heterocycles. The van der Waals surface area contributed by atoms with Crippen LogP contribution in [-0.4, -0.2) is 32.0 Å². The van der Waals surface area contributed by atoms with E-state index in [-0.39, 0.29) is 12.2 Å². The number of hydrogen-bond acceptors (Lipinski definition) is 4. The highest BCUT2D eigenvalue weighted by molar-refractivity contribution is 5.41. The van der Waals surface area contributed by atoms with Crippen molar-refractivity contribution in [2.24, 2.45) is 0 Å². The Balaban J connectivity index is 1.78. The molecule has 6 nitrogen and oxygen atoms in total. The van der Waals surface area contributed by atoms with E-state index < -0.39 is 6.10 Å². The third kappa shape index (κ3) is 3.58. The number of ether oxygens (including phenoxy) is 1. The first kappa shape index (κ1) is 17.2.